The van der Waals surface area contributed by atoms with Crippen molar-refractivity contribution in [2.45, 2.75) is 19.5 Å². The first-order chi connectivity index (χ1) is 11.7. The van der Waals surface area contributed by atoms with Crippen molar-refractivity contribution < 1.29 is 0 Å². The van der Waals surface area contributed by atoms with Gasteiger partial charge in [-0.3, -0.25) is 9.88 Å². The molecule has 0 saturated carbocycles. The molecule has 1 aliphatic heterocycles. The van der Waals surface area contributed by atoms with Crippen molar-refractivity contribution in [3.63, 3.8) is 0 Å². The minimum absolute atomic E-state index is 0.297. The van der Waals surface area contributed by atoms with Crippen LogP contribution in [0.25, 0.3) is 10.9 Å². The zero-order chi connectivity index (χ0) is 16.5. The Bertz CT molecular complexity index is 854. The molecule has 1 fully saturated rings. The molecule has 4 rings (SSSR count). The number of rotatable bonds is 3. The van der Waals surface area contributed by atoms with Gasteiger partial charge in [-0.2, -0.15) is 0 Å². The van der Waals surface area contributed by atoms with Gasteiger partial charge in [0, 0.05) is 56.7 Å². The largest absolute Gasteiger partial charge is 0.337 e. The summed E-state index contributed by atoms with van der Waals surface area (Å²) >= 11 is 0. The first-order valence-electron chi connectivity index (χ1n) is 8.49. The second-order valence-electron chi connectivity index (χ2n) is 6.53. The number of aromatic nitrogens is 3. The average Bonchev–Trinajstić information content (AvgIpc) is 3.01. The third-order valence-corrected chi connectivity index (χ3v) is 4.81. The number of aryl methyl sites for hydroxylation is 2. The molecule has 3 aromatic rings. The Morgan fingerprint density at radius 2 is 2.17 bits per heavy atom. The lowest BCUT2D eigenvalue weighted by Crippen LogP contribution is -2.46. The Kier molecular flexibility index (Phi) is 4.04. The van der Waals surface area contributed by atoms with Crippen LogP contribution in [0.1, 0.15) is 23.1 Å². The number of para-hydroxylation sites is 1. The maximum absolute atomic E-state index is 4.67. The molecule has 1 atom stereocenters. The molecule has 1 N–H and O–H groups in total. The van der Waals surface area contributed by atoms with Gasteiger partial charge in [-0.25, -0.2) is 4.98 Å². The maximum Gasteiger partial charge on any atom is 0.127 e. The summed E-state index contributed by atoms with van der Waals surface area (Å²) in [4.78, 5) is 11.8. The molecule has 24 heavy (non-hydrogen) atoms. The SMILES string of the molecule is Cc1cc(CN2CCNCC2c2nccn2C)c2ccccc2n1. The lowest BCUT2D eigenvalue weighted by atomic mass is 10.1. The van der Waals surface area contributed by atoms with E-state index in [4.69, 9.17) is 0 Å². The number of nitrogens with zero attached hydrogens (tertiary/aromatic N) is 4. The Balaban J connectivity index is 1.70. The summed E-state index contributed by atoms with van der Waals surface area (Å²) in [5.74, 6) is 1.12. The van der Waals surface area contributed by atoms with E-state index < -0.39 is 0 Å². The van der Waals surface area contributed by atoms with Crippen LogP contribution in [0.3, 0.4) is 0 Å². The number of piperazine rings is 1. The highest BCUT2D eigenvalue weighted by Crippen LogP contribution is 2.26. The maximum atomic E-state index is 4.67. The van der Waals surface area contributed by atoms with Gasteiger partial charge in [-0.05, 0) is 24.6 Å². The standard InChI is InChI=1S/C19H23N5/c1-14-11-15(16-5-3-4-6-17(16)22-14)13-24-10-7-20-12-18(24)19-21-8-9-23(19)2/h3-6,8-9,11,18,20H,7,10,12-13H2,1-2H3. The summed E-state index contributed by atoms with van der Waals surface area (Å²) in [5.41, 5.74) is 3.50. The summed E-state index contributed by atoms with van der Waals surface area (Å²) in [6.45, 7) is 5.97. The molecule has 0 bridgehead atoms. The van der Waals surface area contributed by atoms with Gasteiger partial charge in [0.25, 0.3) is 0 Å². The summed E-state index contributed by atoms with van der Waals surface area (Å²) in [6, 6.07) is 10.9. The normalized spacial score (nSPS) is 19.0. The smallest absolute Gasteiger partial charge is 0.127 e. The molecule has 0 spiro atoms. The van der Waals surface area contributed by atoms with Crippen molar-refractivity contribution in [2.24, 2.45) is 7.05 Å². The van der Waals surface area contributed by atoms with Gasteiger partial charge < -0.3 is 9.88 Å². The van der Waals surface area contributed by atoms with Crippen LogP contribution in [0.4, 0.5) is 0 Å². The molecule has 5 nitrogen and oxygen atoms in total. The molecule has 1 unspecified atom stereocenters. The fraction of sp³-hybridized carbons (Fsp3) is 0.368. The van der Waals surface area contributed by atoms with Gasteiger partial charge in [0.2, 0.25) is 0 Å². The number of hydrogen-bond acceptors (Lipinski definition) is 4. The van der Waals surface area contributed by atoms with Crippen molar-refractivity contribution in [3.05, 3.63) is 59.8 Å². The molecule has 2 aromatic heterocycles. The fourth-order valence-corrected chi connectivity index (χ4v) is 3.63. The first-order valence-corrected chi connectivity index (χ1v) is 8.49. The van der Waals surface area contributed by atoms with Crippen LogP contribution in [0.2, 0.25) is 0 Å². The highest BCUT2D eigenvalue weighted by atomic mass is 15.3. The predicted molar refractivity (Wildman–Crippen MR) is 95.7 cm³/mol. The minimum atomic E-state index is 0.297. The van der Waals surface area contributed by atoms with Crippen LogP contribution in [-0.4, -0.2) is 39.1 Å². The van der Waals surface area contributed by atoms with Gasteiger partial charge in [0.1, 0.15) is 5.82 Å². The van der Waals surface area contributed by atoms with Gasteiger partial charge in [-0.15, -0.1) is 0 Å². The molecule has 0 amide bonds. The van der Waals surface area contributed by atoms with Gasteiger partial charge >= 0.3 is 0 Å². The van der Waals surface area contributed by atoms with E-state index in [-0.39, 0.29) is 0 Å². The second kappa shape index (κ2) is 6.34. The molecule has 124 valence electrons. The highest BCUT2D eigenvalue weighted by Gasteiger charge is 2.27. The number of nitrogens with one attached hydrogen (secondary N) is 1. The molecular formula is C19H23N5. The second-order valence-corrected chi connectivity index (χ2v) is 6.53. The minimum Gasteiger partial charge on any atom is -0.337 e. The Morgan fingerprint density at radius 3 is 3.00 bits per heavy atom. The molecule has 0 aliphatic carbocycles. The van der Waals surface area contributed by atoms with Crippen molar-refractivity contribution in [1.82, 2.24) is 24.8 Å². The van der Waals surface area contributed by atoms with Crippen molar-refractivity contribution in [1.29, 1.82) is 0 Å². The fourth-order valence-electron chi connectivity index (χ4n) is 3.63. The van der Waals surface area contributed by atoms with Crippen LogP contribution in [0.15, 0.2) is 42.7 Å². The number of benzene rings is 1. The third-order valence-electron chi connectivity index (χ3n) is 4.81. The predicted octanol–water partition coefficient (Wildman–Crippen LogP) is 2.42. The molecule has 1 aromatic carbocycles. The van der Waals surface area contributed by atoms with Gasteiger partial charge in [-0.1, -0.05) is 18.2 Å². The van der Waals surface area contributed by atoms with Crippen molar-refractivity contribution in [3.8, 4) is 0 Å². The average molecular weight is 321 g/mol. The summed E-state index contributed by atoms with van der Waals surface area (Å²) in [6.07, 6.45) is 3.90. The van der Waals surface area contributed by atoms with Crippen LogP contribution >= 0.6 is 0 Å². The molecular weight excluding hydrogens is 298 g/mol. The van der Waals surface area contributed by atoms with E-state index in [2.05, 4.69) is 69.1 Å². The van der Waals surface area contributed by atoms with Gasteiger partial charge in [0.15, 0.2) is 0 Å². The monoisotopic (exact) mass is 321 g/mol. The summed E-state index contributed by atoms with van der Waals surface area (Å²) < 4.78 is 2.13. The lowest BCUT2D eigenvalue weighted by molar-refractivity contribution is 0.145. The lowest BCUT2D eigenvalue weighted by Gasteiger charge is -2.36. The molecule has 1 aliphatic rings. The van der Waals surface area contributed by atoms with Gasteiger partial charge in [0.05, 0.1) is 11.6 Å². The van der Waals surface area contributed by atoms with Crippen LogP contribution < -0.4 is 5.32 Å². The molecule has 3 heterocycles. The topological polar surface area (TPSA) is 46.0 Å². The molecule has 1 saturated heterocycles. The molecule has 0 radical (unpaired) electrons. The quantitative estimate of drug-likeness (QED) is 0.805. The summed E-state index contributed by atoms with van der Waals surface area (Å²) in [7, 11) is 2.07. The van der Waals surface area contributed by atoms with E-state index in [9.17, 15) is 0 Å². The van der Waals surface area contributed by atoms with E-state index in [0.717, 1.165) is 43.2 Å². The van der Waals surface area contributed by atoms with Crippen LogP contribution in [-0.2, 0) is 13.6 Å². The Hall–Kier alpha value is -2.24. The van der Waals surface area contributed by atoms with E-state index in [1.165, 1.54) is 10.9 Å². The number of hydrogen-bond donors (Lipinski definition) is 1. The summed E-state index contributed by atoms with van der Waals surface area (Å²) in [5, 5.41) is 4.76. The van der Waals surface area contributed by atoms with Crippen molar-refractivity contribution >= 4 is 10.9 Å². The highest BCUT2D eigenvalue weighted by molar-refractivity contribution is 5.82. The Labute approximate surface area is 142 Å². The van der Waals surface area contributed by atoms with E-state index in [1.807, 2.05) is 12.4 Å². The number of pyridine rings is 1. The van der Waals surface area contributed by atoms with E-state index in [0.29, 0.717) is 6.04 Å². The third kappa shape index (κ3) is 2.81. The number of imidazole rings is 1. The molecule has 5 heteroatoms. The van der Waals surface area contributed by atoms with E-state index in [1.54, 1.807) is 0 Å². The zero-order valence-electron chi connectivity index (χ0n) is 14.2. The first kappa shape index (κ1) is 15.3. The van der Waals surface area contributed by atoms with E-state index >= 15 is 0 Å². The number of fused-ring (bicyclic) bond motifs is 1. The Morgan fingerprint density at radius 1 is 1.29 bits per heavy atom. The van der Waals surface area contributed by atoms with Crippen molar-refractivity contribution in [2.75, 3.05) is 19.6 Å². The van der Waals surface area contributed by atoms with Crippen LogP contribution in [0, 0.1) is 6.92 Å². The zero-order valence-corrected chi connectivity index (χ0v) is 14.2. The van der Waals surface area contributed by atoms with Crippen LogP contribution in [0.5, 0.6) is 0 Å².